The van der Waals surface area contributed by atoms with Crippen molar-refractivity contribution >= 4 is 11.9 Å². The molecule has 5 heteroatoms. The second-order valence-electron chi connectivity index (χ2n) is 9.17. The number of methoxy groups -OCH3 is 1. The second kappa shape index (κ2) is 7.76. The summed E-state index contributed by atoms with van der Waals surface area (Å²) in [6.45, 7) is 1.68. The van der Waals surface area contributed by atoms with Gasteiger partial charge in [0.15, 0.2) is 6.10 Å². The molecule has 4 aliphatic rings. The minimum atomic E-state index is -0.739. The molecule has 1 aromatic carbocycles. The van der Waals surface area contributed by atoms with Crippen molar-refractivity contribution in [1.29, 1.82) is 0 Å². The van der Waals surface area contributed by atoms with Gasteiger partial charge in [-0.05, 0) is 87.3 Å². The van der Waals surface area contributed by atoms with Crippen LogP contribution in [0, 0.1) is 17.8 Å². The average molecular weight is 386 g/mol. The fourth-order valence-electron chi connectivity index (χ4n) is 5.97. The molecule has 28 heavy (non-hydrogen) atoms. The lowest BCUT2D eigenvalue weighted by Gasteiger charge is -2.57. The summed E-state index contributed by atoms with van der Waals surface area (Å²) in [7, 11) is 1.63. The van der Waals surface area contributed by atoms with Crippen molar-refractivity contribution in [3.8, 4) is 5.75 Å². The van der Waals surface area contributed by atoms with Crippen LogP contribution in [0.3, 0.4) is 0 Å². The Morgan fingerprint density at radius 3 is 2.18 bits per heavy atom. The number of rotatable bonds is 7. The van der Waals surface area contributed by atoms with Crippen molar-refractivity contribution in [1.82, 2.24) is 5.32 Å². The maximum absolute atomic E-state index is 12.7. The third-order valence-electron chi connectivity index (χ3n) is 6.88. The molecule has 1 amide bonds. The smallest absolute Gasteiger partial charge is 0.306 e. The summed E-state index contributed by atoms with van der Waals surface area (Å²) >= 11 is 0. The molecule has 4 aliphatic carbocycles. The molecule has 152 valence electrons. The highest BCUT2D eigenvalue weighted by molar-refractivity contribution is 5.84. The largest absolute Gasteiger partial charge is 0.497 e. The number of carbonyl (C=O) groups excluding carboxylic acids is 2. The van der Waals surface area contributed by atoms with Crippen LogP contribution in [0.5, 0.6) is 5.75 Å². The number of hydrogen-bond donors (Lipinski definition) is 1. The van der Waals surface area contributed by atoms with Gasteiger partial charge in [-0.1, -0.05) is 12.1 Å². The average Bonchev–Trinajstić information content (AvgIpc) is 2.65. The summed E-state index contributed by atoms with van der Waals surface area (Å²) in [5, 5.41) is 3.29. The number of amides is 1. The molecule has 5 rings (SSSR count). The lowest BCUT2D eigenvalue weighted by molar-refractivity contribution is -0.156. The molecule has 5 nitrogen and oxygen atoms in total. The highest BCUT2D eigenvalue weighted by atomic mass is 16.5. The molecular formula is C23H31NO4. The zero-order valence-electron chi connectivity index (χ0n) is 16.9. The Morgan fingerprint density at radius 2 is 1.64 bits per heavy atom. The first-order valence-electron chi connectivity index (χ1n) is 10.6. The van der Waals surface area contributed by atoms with Crippen molar-refractivity contribution in [2.24, 2.45) is 17.8 Å². The number of aryl methyl sites for hydroxylation is 1. The van der Waals surface area contributed by atoms with Crippen LogP contribution in [0.1, 0.15) is 57.4 Å². The fourth-order valence-corrected chi connectivity index (χ4v) is 5.97. The van der Waals surface area contributed by atoms with Crippen molar-refractivity contribution in [2.75, 3.05) is 7.11 Å². The summed E-state index contributed by atoms with van der Waals surface area (Å²) in [5.74, 6) is 2.64. The van der Waals surface area contributed by atoms with Crippen LogP contribution in [0.25, 0.3) is 0 Å². The number of esters is 1. The molecule has 0 unspecified atom stereocenters. The van der Waals surface area contributed by atoms with E-state index in [1.165, 1.54) is 19.3 Å². The third-order valence-corrected chi connectivity index (χ3v) is 6.88. The molecule has 0 spiro atoms. The first kappa shape index (κ1) is 19.3. The Balaban J connectivity index is 1.25. The van der Waals surface area contributed by atoms with Crippen LogP contribution in [0.2, 0.25) is 0 Å². The van der Waals surface area contributed by atoms with Gasteiger partial charge in [0.1, 0.15) is 5.75 Å². The van der Waals surface area contributed by atoms with Crippen molar-refractivity contribution in [3.05, 3.63) is 29.8 Å². The quantitative estimate of drug-likeness (QED) is 0.728. The van der Waals surface area contributed by atoms with Gasteiger partial charge >= 0.3 is 5.97 Å². The lowest BCUT2D eigenvalue weighted by Crippen LogP contribution is -2.61. The van der Waals surface area contributed by atoms with Gasteiger partial charge in [-0.2, -0.15) is 0 Å². The van der Waals surface area contributed by atoms with Crippen LogP contribution in [0.15, 0.2) is 24.3 Å². The Bertz CT molecular complexity index is 691. The molecule has 0 aliphatic heterocycles. The molecule has 0 saturated heterocycles. The van der Waals surface area contributed by atoms with Gasteiger partial charge in [-0.25, -0.2) is 0 Å². The van der Waals surface area contributed by atoms with Crippen molar-refractivity contribution in [3.63, 3.8) is 0 Å². The zero-order valence-corrected chi connectivity index (χ0v) is 16.9. The summed E-state index contributed by atoms with van der Waals surface area (Å²) in [5.41, 5.74) is 0.999. The molecule has 4 bridgehead atoms. The van der Waals surface area contributed by atoms with E-state index in [1.807, 2.05) is 24.3 Å². The van der Waals surface area contributed by atoms with Gasteiger partial charge in [0.2, 0.25) is 0 Å². The van der Waals surface area contributed by atoms with Gasteiger partial charge < -0.3 is 14.8 Å². The summed E-state index contributed by atoms with van der Waals surface area (Å²) in [6, 6.07) is 7.63. The molecule has 0 aromatic heterocycles. The van der Waals surface area contributed by atoms with Crippen LogP contribution < -0.4 is 10.1 Å². The predicted octanol–water partition coefficient (Wildman–Crippen LogP) is 3.64. The zero-order chi connectivity index (χ0) is 19.7. The van der Waals surface area contributed by atoms with E-state index in [4.69, 9.17) is 9.47 Å². The summed E-state index contributed by atoms with van der Waals surface area (Å²) in [6.07, 6.45) is 7.43. The maximum Gasteiger partial charge on any atom is 0.306 e. The van der Waals surface area contributed by atoms with Gasteiger partial charge in [0, 0.05) is 12.0 Å². The van der Waals surface area contributed by atoms with Gasteiger partial charge in [-0.15, -0.1) is 0 Å². The second-order valence-corrected chi connectivity index (χ2v) is 9.17. The highest BCUT2D eigenvalue weighted by Gasteiger charge is 2.51. The van der Waals surface area contributed by atoms with E-state index in [0.29, 0.717) is 6.42 Å². The maximum atomic E-state index is 12.7. The molecule has 0 radical (unpaired) electrons. The number of benzene rings is 1. The van der Waals surface area contributed by atoms with Gasteiger partial charge in [0.25, 0.3) is 5.91 Å². The van der Waals surface area contributed by atoms with E-state index < -0.39 is 6.10 Å². The number of nitrogens with one attached hydrogen (secondary N) is 1. The molecule has 4 fully saturated rings. The molecule has 1 N–H and O–H groups in total. The summed E-state index contributed by atoms with van der Waals surface area (Å²) in [4.78, 5) is 24.9. The van der Waals surface area contributed by atoms with Crippen molar-refractivity contribution < 1.29 is 19.1 Å². The molecule has 4 saturated carbocycles. The van der Waals surface area contributed by atoms with E-state index in [2.05, 4.69) is 5.32 Å². The minimum absolute atomic E-state index is 0.0460. The predicted molar refractivity (Wildman–Crippen MR) is 106 cm³/mol. The first-order chi connectivity index (χ1) is 13.4. The van der Waals surface area contributed by atoms with E-state index in [-0.39, 0.29) is 23.8 Å². The number of hydrogen-bond acceptors (Lipinski definition) is 4. The van der Waals surface area contributed by atoms with E-state index in [9.17, 15) is 9.59 Å². The molecule has 1 atom stereocenters. The topological polar surface area (TPSA) is 64.6 Å². The van der Waals surface area contributed by atoms with Gasteiger partial charge in [-0.3, -0.25) is 9.59 Å². The van der Waals surface area contributed by atoms with Gasteiger partial charge in [0.05, 0.1) is 7.11 Å². The summed E-state index contributed by atoms with van der Waals surface area (Å²) < 4.78 is 10.6. The number of carbonyl (C=O) groups is 2. The fraction of sp³-hybridized carbons (Fsp3) is 0.652. The van der Waals surface area contributed by atoms with Crippen LogP contribution >= 0.6 is 0 Å². The lowest BCUT2D eigenvalue weighted by atomic mass is 9.53. The molecular weight excluding hydrogens is 354 g/mol. The van der Waals surface area contributed by atoms with Crippen LogP contribution in [0.4, 0.5) is 0 Å². The molecule has 1 aromatic rings. The number of ether oxygens (including phenoxy) is 2. The highest BCUT2D eigenvalue weighted by Crippen LogP contribution is 2.55. The Hall–Kier alpha value is -2.04. The normalized spacial score (nSPS) is 31.3. The van der Waals surface area contributed by atoms with E-state index >= 15 is 0 Å². The van der Waals surface area contributed by atoms with Crippen LogP contribution in [-0.2, 0) is 20.7 Å². The van der Waals surface area contributed by atoms with Crippen molar-refractivity contribution in [2.45, 2.75) is 69.9 Å². The third kappa shape index (κ3) is 4.18. The SMILES string of the molecule is COc1ccc(CCC(=O)O[C@H](C)C(=O)NC23CC4CC(CC(C4)C2)C3)cc1. The van der Waals surface area contributed by atoms with E-state index in [0.717, 1.165) is 48.3 Å². The Kier molecular flexibility index (Phi) is 5.35. The van der Waals surface area contributed by atoms with E-state index in [1.54, 1.807) is 14.0 Å². The first-order valence-corrected chi connectivity index (χ1v) is 10.6. The standard InChI is InChI=1S/C23H31NO4/c1-15(28-21(25)8-5-16-3-6-20(27-2)7-4-16)22(26)24-23-12-17-9-18(13-23)11-19(10-17)14-23/h3-4,6-7,15,17-19H,5,8-14H2,1-2H3,(H,24,26)/t15-,17?,18?,19?,23?/m1/s1. The Labute approximate surface area is 167 Å². The Morgan fingerprint density at radius 1 is 1.07 bits per heavy atom. The molecule has 0 heterocycles. The monoisotopic (exact) mass is 385 g/mol. The minimum Gasteiger partial charge on any atom is -0.497 e. The van der Waals surface area contributed by atoms with Crippen LogP contribution in [-0.4, -0.2) is 30.6 Å².